The van der Waals surface area contributed by atoms with E-state index in [-0.39, 0.29) is 0 Å². The van der Waals surface area contributed by atoms with E-state index in [1.165, 1.54) is 50.8 Å². The number of carbonyl (C=O) groups excluding carboxylic acids is 1. The lowest BCUT2D eigenvalue weighted by Crippen LogP contribution is -2.39. The second kappa shape index (κ2) is 7.49. The van der Waals surface area contributed by atoms with E-state index in [1.807, 2.05) is 6.07 Å². The zero-order valence-corrected chi connectivity index (χ0v) is 15.5. The fourth-order valence-corrected chi connectivity index (χ4v) is 5.44. The maximum absolute atomic E-state index is 12.6. The maximum Gasteiger partial charge on any atom is 0.222 e. The molecule has 3 fully saturated rings. The Balaban J connectivity index is 1.25. The normalized spacial score (nSPS) is 29.8. The lowest BCUT2D eigenvalue weighted by molar-refractivity contribution is -0.131. The van der Waals surface area contributed by atoms with Crippen LogP contribution in [0, 0.1) is 11.3 Å². The molecule has 3 nitrogen and oxygen atoms in total. The minimum Gasteiger partial charge on any atom is -0.341 e. The second-order valence-corrected chi connectivity index (χ2v) is 8.64. The number of fused-ring (bicyclic) bond motifs is 2. The molecule has 0 N–H and O–H groups in total. The predicted molar refractivity (Wildman–Crippen MR) is 101 cm³/mol. The first-order valence-electron chi connectivity index (χ1n) is 10.3. The smallest absolute Gasteiger partial charge is 0.222 e. The van der Waals surface area contributed by atoms with Gasteiger partial charge in [0.1, 0.15) is 0 Å². The first-order chi connectivity index (χ1) is 12.2. The van der Waals surface area contributed by atoms with Crippen LogP contribution in [0.5, 0.6) is 0 Å². The van der Waals surface area contributed by atoms with Crippen molar-refractivity contribution in [1.29, 1.82) is 0 Å². The Morgan fingerprint density at radius 2 is 1.84 bits per heavy atom. The second-order valence-electron chi connectivity index (χ2n) is 8.64. The summed E-state index contributed by atoms with van der Waals surface area (Å²) in [7, 11) is 0. The van der Waals surface area contributed by atoms with Crippen molar-refractivity contribution < 1.29 is 4.79 Å². The summed E-state index contributed by atoms with van der Waals surface area (Å²) in [6.45, 7) is 5.40. The minimum absolute atomic E-state index is 0.339. The molecule has 1 aromatic carbocycles. The molecule has 136 valence electrons. The number of benzene rings is 1. The molecule has 3 aliphatic rings. The Labute approximate surface area is 152 Å². The molecule has 1 aliphatic heterocycles. The van der Waals surface area contributed by atoms with E-state index < -0.39 is 0 Å². The van der Waals surface area contributed by atoms with Gasteiger partial charge in [-0.25, -0.2) is 0 Å². The highest BCUT2D eigenvalue weighted by molar-refractivity contribution is 5.76. The Morgan fingerprint density at radius 1 is 1.04 bits per heavy atom. The highest BCUT2D eigenvalue weighted by Crippen LogP contribution is 2.54. The van der Waals surface area contributed by atoms with Gasteiger partial charge in [0, 0.05) is 32.6 Å². The molecule has 25 heavy (non-hydrogen) atoms. The van der Waals surface area contributed by atoms with Crippen LogP contribution in [0.2, 0.25) is 0 Å². The van der Waals surface area contributed by atoms with E-state index in [0.29, 0.717) is 17.7 Å². The number of aryl methyl sites for hydroxylation is 1. The van der Waals surface area contributed by atoms with Crippen LogP contribution in [0.25, 0.3) is 0 Å². The molecule has 1 heterocycles. The molecular weight excluding hydrogens is 308 g/mol. The van der Waals surface area contributed by atoms with E-state index in [4.69, 9.17) is 0 Å². The zero-order chi connectivity index (χ0) is 17.1. The number of hydrogen-bond donors (Lipinski definition) is 0. The van der Waals surface area contributed by atoms with Gasteiger partial charge in [-0.15, -0.1) is 0 Å². The maximum atomic E-state index is 12.6. The van der Waals surface area contributed by atoms with E-state index in [0.717, 1.165) is 38.4 Å². The van der Waals surface area contributed by atoms with Gasteiger partial charge in [-0.3, -0.25) is 4.79 Å². The van der Waals surface area contributed by atoms with E-state index in [1.54, 1.807) is 0 Å². The Hall–Kier alpha value is -1.35. The lowest BCUT2D eigenvalue weighted by Gasteiger charge is -2.33. The van der Waals surface area contributed by atoms with E-state index in [9.17, 15) is 4.79 Å². The Bertz CT molecular complexity index is 577. The summed E-state index contributed by atoms with van der Waals surface area (Å²) in [6.07, 6.45) is 9.97. The average Bonchev–Trinajstić information content (AvgIpc) is 3.15. The third-order valence-corrected chi connectivity index (χ3v) is 6.86. The fraction of sp³-hybridized carbons (Fsp3) is 0.682. The van der Waals surface area contributed by atoms with Gasteiger partial charge >= 0.3 is 0 Å². The summed E-state index contributed by atoms with van der Waals surface area (Å²) in [4.78, 5) is 17.4. The molecule has 3 heteroatoms. The van der Waals surface area contributed by atoms with Crippen LogP contribution >= 0.6 is 0 Å². The third kappa shape index (κ3) is 4.08. The van der Waals surface area contributed by atoms with Gasteiger partial charge < -0.3 is 9.80 Å². The van der Waals surface area contributed by atoms with Crippen LogP contribution in [0.4, 0.5) is 0 Å². The first kappa shape index (κ1) is 17.1. The van der Waals surface area contributed by atoms with Crippen LogP contribution in [-0.4, -0.2) is 48.4 Å². The molecule has 0 aromatic heterocycles. The zero-order valence-electron chi connectivity index (χ0n) is 15.5. The van der Waals surface area contributed by atoms with Gasteiger partial charge in [-0.05, 0) is 68.4 Å². The van der Waals surface area contributed by atoms with Crippen molar-refractivity contribution in [3.63, 3.8) is 0 Å². The summed E-state index contributed by atoms with van der Waals surface area (Å²) in [5.41, 5.74) is 1.90. The van der Waals surface area contributed by atoms with Crippen molar-refractivity contribution in [3.05, 3.63) is 35.9 Å². The van der Waals surface area contributed by atoms with Crippen molar-refractivity contribution in [2.24, 2.45) is 11.3 Å². The van der Waals surface area contributed by atoms with Gasteiger partial charge in [-0.2, -0.15) is 0 Å². The van der Waals surface area contributed by atoms with Crippen molar-refractivity contribution >= 4 is 5.91 Å². The van der Waals surface area contributed by atoms with Crippen molar-refractivity contribution in [2.45, 2.75) is 51.4 Å². The van der Waals surface area contributed by atoms with Gasteiger partial charge in [-0.1, -0.05) is 30.3 Å². The van der Waals surface area contributed by atoms with Gasteiger partial charge in [0.15, 0.2) is 0 Å². The minimum atomic E-state index is 0.339. The number of rotatable bonds is 5. The molecule has 0 radical (unpaired) electrons. The number of carbonyl (C=O) groups is 1. The highest BCUT2D eigenvalue weighted by atomic mass is 16.2. The number of amides is 1. The topological polar surface area (TPSA) is 23.6 Å². The molecule has 2 aliphatic carbocycles. The number of nitrogens with zero attached hydrogens (tertiary/aromatic N) is 2. The standard InChI is InChI=1S/C22H32N2O/c25-21(8-7-19-5-2-1-3-6-19)24-14-4-13-23(15-16-24)18-22-11-9-20(17-22)10-12-22/h1-3,5-6,20H,4,7-18H2. The van der Waals surface area contributed by atoms with Crippen LogP contribution < -0.4 is 0 Å². The molecule has 2 bridgehead atoms. The number of hydrogen-bond acceptors (Lipinski definition) is 2. The largest absolute Gasteiger partial charge is 0.341 e. The fourth-order valence-electron chi connectivity index (χ4n) is 5.44. The van der Waals surface area contributed by atoms with Crippen molar-refractivity contribution in [3.8, 4) is 0 Å². The molecule has 0 atom stereocenters. The summed E-state index contributed by atoms with van der Waals surface area (Å²) in [6, 6.07) is 10.4. The summed E-state index contributed by atoms with van der Waals surface area (Å²) >= 11 is 0. The molecule has 2 saturated carbocycles. The van der Waals surface area contributed by atoms with Crippen molar-refractivity contribution in [2.75, 3.05) is 32.7 Å². The first-order valence-corrected chi connectivity index (χ1v) is 10.3. The van der Waals surface area contributed by atoms with Gasteiger partial charge in [0.2, 0.25) is 5.91 Å². The highest BCUT2D eigenvalue weighted by Gasteiger charge is 2.45. The van der Waals surface area contributed by atoms with Crippen LogP contribution in [0.1, 0.15) is 50.5 Å². The van der Waals surface area contributed by atoms with Crippen LogP contribution in [0.15, 0.2) is 30.3 Å². The van der Waals surface area contributed by atoms with E-state index >= 15 is 0 Å². The summed E-state index contributed by atoms with van der Waals surface area (Å²) in [5, 5.41) is 0. The average molecular weight is 341 g/mol. The summed E-state index contributed by atoms with van der Waals surface area (Å²) in [5.74, 6) is 1.37. The SMILES string of the molecule is O=C(CCc1ccccc1)N1CCCN(CC23CCC(CC2)C3)CC1. The molecule has 4 rings (SSSR count). The molecule has 1 amide bonds. The molecule has 1 saturated heterocycles. The van der Waals surface area contributed by atoms with Gasteiger partial charge in [0.25, 0.3) is 0 Å². The Morgan fingerprint density at radius 3 is 2.56 bits per heavy atom. The quantitative estimate of drug-likeness (QED) is 0.815. The van der Waals surface area contributed by atoms with E-state index in [2.05, 4.69) is 34.1 Å². The predicted octanol–water partition coefficient (Wildman–Crippen LogP) is 3.73. The molecule has 1 aromatic rings. The van der Waals surface area contributed by atoms with Crippen LogP contribution in [0.3, 0.4) is 0 Å². The lowest BCUT2D eigenvalue weighted by atomic mass is 9.84. The Kier molecular flexibility index (Phi) is 5.12. The monoisotopic (exact) mass is 340 g/mol. The molecule has 0 unspecified atom stereocenters. The van der Waals surface area contributed by atoms with Crippen molar-refractivity contribution in [1.82, 2.24) is 9.80 Å². The molecular formula is C22H32N2O. The molecule has 0 spiro atoms. The van der Waals surface area contributed by atoms with Crippen LogP contribution in [-0.2, 0) is 11.2 Å². The van der Waals surface area contributed by atoms with Gasteiger partial charge in [0.05, 0.1) is 0 Å². The summed E-state index contributed by atoms with van der Waals surface area (Å²) < 4.78 is 0. The third-order valence-electron chi connectivity index (χ3n) is 6.86.